The van der Waals surface area contributed by atoms with Crippen LogP contribution in [0.15, 0.2) is 30.3 Å². The second-order valence-electron chi connectivity index (χ2n) is 4.72. The highest BCUT2D eigenvalue weighted by atomic mass is 35.6. The Labute approximate surface area is 122 Å². The van der Waals surface area contributed by atoms with E-state index >= 15 is 0 Å². The van der Waals surface area contributed by atoms with Gasteiger partial charge in [0, 0.05) is 5.56 Å². The van der Waals surface area contributed by atoms with Gasteiger partial charge in [-0.1, -0.05) is 65.1 Å². The van der Waals surface area contributed by atoms with E-state index in [0.717, 1.165) is 11.0 Å². The number of nitrogens with zero attached hydrogens (tertiary/aromatic N) is 1. The molecule has 6 heteroatoms. The lowest BCUT2D eigenvalue weighted by Crippen LogP contribution is -2.35. The molecule has 0 aromatic heterocycles. The molecule has 102 valence electrons. The summed E-state index contributed by atoms with van der Waals surface area (Å²) < 4.78 is -1.29. The number of halogens is 3. The first-order valence-corrected chi connectivity index (χ1v) is 6.28. The van der Waals surface area contributed by atoms with E-state index in [1.54, 1.807) is 0 Å². The van der Waals surface area contributed by atoms with Gasteiger partial charge >= 0.3 is 0 Å². The molecule has 18 heavy (non-hydrogen) atoms. The third kappa shape index (κ3) is 9.54. The highest BCUT2D eigenvalue weighted by molar-refractivity contribution is 6.75. The van der Waals surface area contributed by atoms with Crippen LogP contribution in [0.5, 0.6) is 0 Å². The Hall–Kier alpha value is -0.480. The highest BCUT2D eigenvalue weighted by Crippen LogP contribution is 2.24. The lowest BCUT2D eigenvalue weighted by atomic mass is 10.2. The summed E-state index contributed by atoms with van der Waals surface area (Å²) in [6, 6.07) is 10.6. The van der Waals surface area contributed by atoms with Crippen molar-refractivity contribution >= 4 is 40.8 Å². The Morgan fingerprint density at radius 3 is 1.83 bits per heavy atom. The van der Waals surface area contributed by atoms with Gasteiger partial charge in [-0.15, -0.1) is 0 Å². The number of carbonyl (C=O) groups is 1. The van der Waals surface area contributed by atoms with Crippen molar-refractivity contribution in [2.24, 2.45) is 0 Å². The second-order valence-corrected chi connectivity index (χ2v) is 7.00. The van der Waals surface area contributed by atoms with Crippen molar-refractivity contribution in [3.63, 3.8) is 0 Å². The van der Waals surface area contributed by atoms with Crippen LogP contribution in [-0.4, -0.2) is 35.4 Å². The van der Waals surface area contributed by atoms with Gasteiger partial charge in [0.1, 0.15) is 6.54 Å². The number of aliphatic carboxylic acids is 1. The van der Waals surface area contributed by atoms with Gasteiger partial charge in [-0.3, -0.25) is 0 Å². The summed E-state index contributed by atoms with van der Waals surface area (Å²) in [7, 11) is 6.60. The first-order valence-electron chi connectivity index (χ1n) is 5.15. The van der Waals surface area contributed by atoms with E-state index < -0.39 is 9.76 Å². The molecule has 0 saturated heterocycles. The fourth-order valence-electron chi connectivity index (χ4n) is 1.13. The number of carboxylic acid groups (broad SMARTS) is 1. The molecule has 1 aromatic rings. The molecule has 0 atom stereocenters. The van der Waals surface area contributed by atoms with Crippen LogP contribution in [0.25, 0.3) is 0 Å². The minimum Gasteiger partial charge on any atom is -0.545 e. The largest absolute Gasteiger partial charge is 0.545 e. The number of quaternary nitrogens is 1. The molecule has 1 aromatic carbocycles. The molecule has 0 aliphatic heterocycles. The monoisotopic (exact) mass is 311 g/mol. The number of carboxylic acids is 1. The molecule has 0 aliphatic rings. The van der Waals surface area contributed by atoms with E-state index in [1.165, 1.54) is 5.56 Å². The molecule has 0 bridgehead atoms. The van der Waals surface area contributed by atoms with Gasteiger partial charge < -0.3 is 14.4 Å². The van der Waals surface area contributed by atoms with Crippen molar-refractivity contribution < 1.29 is 14.4 Å². The van der Waals surface area contributed by atoms with Gasteiger partial charge in [0.2, 0.25) is 3.79 Å². The number of rotatable bonds is 2. The Morgan fingerprint density at radius 2 is 1.56 bits per heavy atom. The second kappa shape index (κ2) is 7.19. The summed E-state index contributed by atoms with van der Waals surface area (Å²) in [5, 5.41) is 9.51. The van der Waals surface area contributed by atoms with Gasteiger partial charge in [0.25, 0.3) is 0 Å². The van der Waals surface area contributed by atoms with Gasteiger partial charge in [-0.05, 0) is 0 Å². The van der Waals surface area contributed by atoms with Gasteiger partial charge in [0.05, 0.1) is 27.1 Å². The first-order chi connectivity index (χ1) is 8.02. The summed E-state index contributed by atoms with van der Waals surface area (Å²) in [6.07, 6.45) is 0. The highest BCUT2D eigenvalue weighted by Gasteiger charge is 2.20. The number of carbonyl (C=O) groups excluding carboxylic acids is 1. The lowest BCUT2D eigenvalue weighted by Gasteiger charge is -2.23. The van der Waals surface area contributed by atoms with Crippen molar-refractivity contribution in [1.82, 2.24) is 0 Å². The van der Waals surface area contributed by atoms with Gasteiger partial charge in [-0.25, -0.2) is 0 Å². The molecule has 0 N–H and O–H groups in total. The molecule has 0 aliphatic carbocycles. The SMILES string of the molecule is C[N+](C)(C)Cc1ccccc1.O=C([O-])C(Cl)(Cl)Cl. The fourth-order valence-corrected chi connectivity index (χ4v) is 1.13. The normalized spacial score (nSPS) is 11.4. The number of alkyl halides is 3. The van der Waals surface area contributed by atoms with Crippen molar-refractivity contribution in [2.75, 3.05) is 21.1 Å². The zero-order valence-corrected chi connectivity index (χ0v) is 12.8. The third-order valence-electron chi connectivity index (χ3n) is 1.73. The molecule has 1 rings (SSSR count). The zero-order chi connectivity index (χ0) is 14.4. The zero-order valence-electron chi connectivity index (χ0n) is 10.5. The third-order valence-corrected chi connectivity index (χ3v) is 2.19. The van der Waals surface area contributed by atoms with Crippen LogP contribution in [0.2, 0.25) is 0 Å². The van der Waals surface area contributed by atoms with E-state index in [9.17, 15) is 9.90 Å². The molecule has 3 nitrogen and oxygen atoms in total. The molecular formula is C12H16Cl3NO2. The van der Waals surface area contributed by atoms with Crippen LogP contribution >= 0.6 is 34.8 Å². The van der Waals surface area contributed by atoms with Crippen LogP contribution < -0.4 is 5.11 Å². The summed E-state index contributed by atoms with van der Waals surface area (Å²) in [5.74, 6) is -1.71. The Morgan fingerprint density at radius 1 is 1.17 bits per heavy atom. The summed E-state index contributed by atoms with van der Waals surface area (Å²) >= 11 is 14.2. The topological polar surface area (TPSA) is 40.1 Å². The summed E-state index contributed by atoms with van der Waals surface area (Å²) in [5.41, 5.74) is 1.40. The van der Waals surface area contributed by atoms with Crippen molar-refractivity contribution in [3.05, 3.63) is 35.9 Å². The van der Waals surface area contributed by atoms with Crippen LogP contribution in [0.1, 0.15) is 5.56 Å². The smallest absolute Gasteiger partial charge is 0.230 e. The molecule has 0 fully saturated rings. The minimum atomic E-state index is -2.28. The maximum Gasteiger partial charge on any atom is 0.230 e. The summed E-state index contributed by atoms with van der Waals surface area (Å²) in [6.45, 7) is 1.10. The van der Waals surface area contributed by atoms with Gasteiger partial charge in [-0.2, -0.15) is 0 Å². The minimum absolute atomic E-state index is 0.990. The average molecular weight is 313 g/mol. The van der Waals surface area contributed by atoms with E-state index in [-0.39, 0.29) is 0 Å². The van der Waals surface area contributed by atoms with Gasteiger partial charge in [0.15, 0.2) is 0 Å². The van der Waals surface area contributed by atoms with Crippen molar-refractivity contribution in [2.45, 2.75) is 10.3 Å². The number of hydrogen-bond acceptors (Lipinski definition) is 2. The summed E-state index contributed by atoms with van der Waals surface area (Å²) in [4.78, 5) is 9.51. The predicted molar refractivity (Wildman–Crippen MR) is 73.5 cm³/mol. The molecule has 0 unspecified atom stereocenters. The lowest BCUT2D eigenvalue weighted by molar-refractivity contribution is -0.884. The Balaban J connectivity index is 0.000000360. The number of benzene rings is 1. The van der Waals surface area contributed by atoms with Crippen LogP contribution in [0.4, 0.5) is 0 Å². The molecule has 0 saturated carbocycles. The van der Waals surface area contributed by atoms with E-state index in [4.69, 9.17) is 34.8 Å². The first kappa shape index (κ1) is 17.5. The van der Waals surface area contributed by atoms with E-state index in [1.807, 2.05) is 0 Å². The predicted octanol–water partition coefficient (Wildman–Crippen LogP) is 2.00. The average Bonchev–Trinajstić information content (AvgIpc) is 2.15. The standard InChI is InChI=1S/C10H16N.C2HCl3O2/c1-11(2,3)9-10-7-5-4-6-8-10;3-2(4,5)1(6)7/h4-8H,9H2,1-3H3;(H,6,7)/q+1;/p-1. The van der Waals surface area contributed by atoms with E-state index in [2.05, 4.69) is 51.5 Å². The quantitative estimate of drug-likeness (QED) is 0.619. The molecule has 0 heterocycles. The maximum atomic E-state index is 9.51. The van der Waals surface area contributed by atoms with E-state index in [0.29, 0.717) is 0 Å². The van der Waals surface area contributed by atoms with Crippen molar-refractivity contribution in [1.29, 1.82) is 0 Å². The van der Waals surface area contributed by atoms with Crippen LogP contribution in [0, 0.1) is 0 Å². The number of hydrogen-bond donors (Lipinski definition) is 0. The maximum absolute atomic E-state index is 9.51. The van der Waals surface area contributed by atoms with Crippen molar-refractivity contribution in [3.8, 4) is 0 Å². The van der Waals surface area contributed by atoms with Crippen LogP contribution in [0.3, 0.4) is 0 Å². The molecule has 0 spiro atoms. The Bertz CT molecular complexity index is 369. The fraction of sp³-hybridized carbons (Fsp3) is 0.417. The molecular weight excluding hydrogens is 296 g/mol. The molecule has 0 amide bonds. The molecule has 0 radical (unpaired) electrons. The van der Waals surface area contributed by atoms with Crippen LogP contribution in [-0.2, 0) is 11.3 Å². The Kier molecular flexibility index (Phi) is 7.00.